The predicted octanol–water partition coefficient (Wildman–Crippen LogP) is 1.03. The Kier molecular flexibility index (Phi) is 4.85. The van der Waals surface area contributed by atoms with E-state index in [9.17, 15) is 5.11 Å². The van der Waals surface area contributed by atoms with E-state index in [1.165, 1.54) is 32.1 Å². The van der Waals surface area contributed by atoms with Gasteiger partial charge in [-0.05, 0) is 32.1 Å². The lowest BCUT2D eigenvalue weighted by Crippen LogP contribution is -2.38. The number of aliphatic hydroxyl groups excluding tert-OH is 2. The number of nitrogens with two attached hydrogens (primary N) is 1. The van der Waals surface area contributed by atoms with E-state index in [0.717, 1.165) is 0 Å². The SMILES string of the molecule is CC(O)C(O)CC(N)C1CCCCC1. The molecule has 3 unspecified atom stereocenters. The molecule has 3 nitrogen and oxygen atoms in total. The lowest BCUT2D eigenvalue weighted by molar-refractivity contribution is 0.0170. The number of aliphatic hydroxyl groups is 2. The maximum absolute atomic E-state index is 9.50. The van der Waals surface area contributed by atoms with Crippen molar-refractivity contribution in [2.45, 2.75) is 63.7 Å². The molecule has 1 aliphatic carbocycles. The number of hydrogen-bond acceptors (Lipinski definition) is 3. The first kappa shape index (κ1) is 12.0. The van der Waals surface area contributed by atoms with Crippen molar-refractivity contribution in [3.8, 4) is 0 Å². The summed E-state index contributed by atoms with van der Waals surface area (Å²) in [5, 5.41) is 18.7. The Morgan fingerprint density at radius 1 is 1.21 bits per heavy atom. The molecule has 1 saturated carbocycles. The van der Waals surface area contributed by atoms with E-state index in [1.807, 2.05) is 0 Å². The first-order valence-corrected chi connectivity index (χ1v) is 5.73. The Labute approximate surface area is 86.3 Å². The Morgan fingerprint density at radius 2 is 1.79 bits per heavy atom. The van der Waals surface area contributed by atoms with Crippen molar-refractivity contribution in [3.63, 3.8) is 0 Å². The molecular formula is C11H23NO2. The van der Waals surface area contributed by atoms with Crippen LogP contribution in [0.1, 0.15) is 45.4 Å². The van der Waals surface area contributed by atoms with Gasteiger partial charge in [-0.3, -0.25) is 0 Å². The van der Waals surface area contributed by atoms with Crippen molar-refractivity contribution in [2.75, 3.05) is 0 Å². The third-order valence-corrected chi connectivity index (χ3v) is 3.33. The van der Waals surface area contributed by atoms with Gasteiger partial charge in [-0.1, -0.05) is 19.3 Å². The summed E-state index contributed by atoms with van der Waals surface area (Å²) in [6, 6.07) is 0.0555. The van der Waals surface area contributed by atoms with Crippen molar-refractivity contribution in [3.05, 3.63) is 0 Å². The first-order chi connectivity index (χ1) is 6.61. The van der Waals surface area contributed by atoms with Crippen LogP contribution >= 0.6 is 0 Å². The Balaban J connectivity index is 2.28. The molecule has 3 atom stereocenters. The Bertz CT molecular complexity index is 155. The third kappa shape index (κ3) is 3.56. The molecule has 0 aromatic heterocycles. The molecular weight excluding hydrogens is 178 g/mol. The Hall–Kier alpha value is -0.120. The summed E-state index contributed by atoms with van der Waals surface area (Å²) < 4.78 is 0. The van der Waals surface area contributed by atoms with Crippen LogP contribution in [0.4, 0.5) is 0 Å². The van der Waals surface area contributed by atoms with Gasteiger partial charge in [-0.2, -0.15) is 0 Å². The van der Waals surface area contributed by atoms with Crippen LogP contribution in [0.2, 0.25) is 0 Å². The number of hydrogen-bond donors (Lipinski definition) is 3. The van der Waals surface area contributed by atoms with E-state index in [2.05, 4.69) is 0 Å². The second kappa shape index (κ2) is 5.69. The van der Waals surface area contributed by atoms with E-state index in [1.54, 1.807) is 6.92 Å². The summed E-state index contributed by atoms with van der Waals surface area (Å²) in [6.45, 7) is 1.61. The maximum atomic E-state index is 9.50. The zero-order chi connectivity index (χ0) is 10.6. The summed E-state index contributed by atoms with van der Waals surface area (Å²) in [5.41, 5.74) is 6.02. The van der Waals surface area contributed by atoms with Gasteiger partial charge < -0.3 is 15.9 Å². The molecule has 1 rings (SSSR count). The highest BCUT2D eigenvalue weighted by Crippen LogP contribution is 2.27. The normalized spacial score (nSPS) is 25.7. The fourth-order valence-electron chi connectivity index (χ4n) is 2.23. The summed E-state index contributed by atoms with van der Waals surface area (Å²) in [4.78, 5) is 0. The average Bonchev–Trinajstić information content (AvgIpc) is 2.19. The minimum absolute atomic E-state index is 0.0555. The van der Waals surface area contributed by atoms with Crippen LogP contribution in [0.25, 0.3) is 0 Å². The largest absolute Gasteiger partial charge is 0.391 e. The number of rotatable bonds is 4. The van der Waals surface area contributed by atoms with Gasteiger partial charge in [0.2, 0.25) is 0 Å². The topological polar surface area (TPSA) is 66.5 Å². The molecule has 1 aliphatic rings. The maximum Gasteiger partial charge on any atom is 0.0811 e. The molecule has 14 heavy (non-hydrogen) atoms. The van der Waals surface area contributed by atoms with Crippen LogP contribution in [0.3, 0.4) is 0 Å². The molecule has 0 aliphatic heterocycles. The molecule has 4 N–H and O–H groups in total. The van der Waals surface area contributed by atoms with E-state index in [4.69, 9.17) is 10.8 Å². The molecule has 84 valence electrons. The molecule has 0 amide bonds. The van der Waals surface area contributed by atoms with Gasteiger partial charge in [0.05, 0.1) is 12.2 Å². The molecule has 0 aromatic rings. The van der Waals surface area contributed by atoms with E-state index in [0.29, 0.717) is 12.3 Å². The van der Waals surface area contributed by atoms with Gasteiger partial charge in [-0.25, -0.2) is 0 Å². The smallest absolute Gasteiger partial charge is 0.0811 e. The van der Waals surface area contributed by atoms with Gasteiger partial charge in [0.25, 0.3) is 0 Å². The second-order valence-electron chi connectivity index (χ2n) is 4.61. The van der Waals surface area contributed by atoms with Crippen LogP contribution in [0.15, 0.2) is 0 Å². The van der Waals surface area contributed by atoms with Gasteiger partial charge >= 0.3 is 0 Å². The molecule has 3 heteroatoms. The lowest BCUT2D eigenvalue weighted by Gasteiger charge is -2.29. The van der Waals surface area contributed by atoms with Gasteiger partial charge in [-0.15, -0.1) is 0 Å². The van der Waals surface area contributed by atoms with Crippen molar-refractivity contribution in [1.29, 1.82) is 0 Å². The van der Waals surface area contributed by atoms with Gasteiger partial charge in [0, 0.05) is 6.04 Å². The quantitative estimate of drug-likeness (QED) is 0.636. The minimum Gasteiger partial charge on any atom is -0.391 e. The average molecular weight is 201 g/mol. The highest BCUT2D eigenvalue weighted by Gasteiger charge is 2.24. The van der Waals surface area contributed by atoms with Gasteiger partial charge in [0.15, 0.2) is 0 Å². The highest BCUT2D eigenvalue weighted by atomic mass is 16.3. The molecule has 0 bridgehead atoms. The highest BCUT2D eigenvalue weighted by molar-refractivity contribution is 4.80. The van der Waals surface area contributed by atoms with Crippen LogP contribution < -0.4 is 5.73 Å². The summed E-state index contributed by atoms with van der Waals surface area (Å²) in [6.07, 6.45) is 5.44. The van der Waals surface area contributed by atoms with Gasteiger partial charge in [0.1, 0.15) is 0 Å². The molecule has 0 aromatic carbocycles. The van der Waals surface area contributed by atoms with Crippen LogP contribution in [-0.2, 0) is 0 Å². The van der Waals surface area contributed by atoms with Crippen molar-refractivity contribution in [1.82, 2.24) is 0 Å². The molecule has 0 heterocycles. The van der Waals surface area contributed by atoms with Crippen molar-refractivity contribution in [2.24, 2.45) is 11.7 Å². The van der Waals surface area contributed by atoms with Crippen molar-refractivity contribution < 1.29 is 10.2 Å². The van der Waals surface area contributed by atoms with E-state index in [-0.39, 0.29) is 6.04 Å². The summed E-state index contributed by atoms with van der Waals surface area (Å²) >= 11 is 0. The molecule has 0 saturated heterocycles. The summed E-state index contributed by atoms with van der Waals surface area (Å²) in [7, 11) is 0. The second-order valence-corrected chi connectivity index (χ2v) is 4.61. The standard InChI is InChI=1S/C11H23NO2/c1-8(13)11(14)7-10(12)9-5-3-2-4-6-9/h8-11,13-14H,2-7,12H2,1H3. The Morgan fingerprint density at radius 3 is 2.29 bits per heavy atom. The molecule has 1 fully saturated rings. The van der Waals surface area contributed by atoms with E-state index < -0.39 is 12.2 Å². The monoisotopic (exact) mass is 201 g/mol. The molecule has 0 spiro atoms. The zero-order valence-electron chi connectivity index (χ0n) is 9.02. The molecule has 0 radical (unpaired) electrons. The fraction of sp³-hybridized carbons (Fsp3) is 1.00. The van der Waals surface area contributed by atoms with Crippen molar-refractivity contribution >= 4 is 0 Å². The summed E-state index contributed by atoms with van der Waals surface area (Å²) in [5.74, 6) is 0.553. The fourth-order valence-corrected chi connectivity index (χ4v) is 2.23. The van der Waals surface area contributed by atoms with E-state index >= 15 is 0 Å². The zero-order valence-corrected chi connectivity index (χ0v) is 9.02. The minimum atomic E-state index is -0.662. The van der Waals surface area contributed by atoms with Crippen LogP contribution in [0.5, 0.6) is 0 Å². The first-order valence-electron chi connectivity index (χ1n) is 5.73. The van der Waals surface area contributed by atoms with Crippen LogP contribution in [-0.4, -0.2) is 28.5 Å². The predicted molar refractivity (Wildman–Crippen MR) is 56.9 cm³/mol. The third-order valence-electron chi connectivity index (χ3n) is 3.33. The lowest BCUT2D eigenvalue weighted by atomic mass is 9.82. The van der Waals surface area contributed by atoms with Crippen LogP contribution in [0, 0.1) is 5.92 Å².